The van der Waals surface area contributed by atoms with E-state index in [1.807, 2.05) is 31.2 Å². The molecule has 1 aromatic carbocycles. The molecule has 1 aliphatic carbocycles. The molecule has 8 heteroatoms. The van der Waals surface area contributed by atoms with Gasteiger partial charge in [0.25, 0.3) is 0 Å². The van der Waals surface area contributed by atoms with Gasteiger partial charge in [0, 0.05) is 22.5 Å². The van der Waals surface area contributed by atoms with Crippen LogP contribution >= 0.6 is 11.6 Å². The minimum absolute atomic E-state index is 0.694. The van der Waals surface area contributed by atoms with E-state index >= 15 is 0 Å². The minimum atomic E-state index is -4.94. The standard InChI is InChI=1S/C17H12ClO2.ClHO4/c1-9-3-5-15-16(17-12(9)7-10(2)19-17)13-8-11(18)4-6-14(13)20-15;2-1(3,4)5/h3-8H,1-2H3;(H,2,3,4,5)/q+1;/p-1. The molecule has 0 unspecified atom stereocenters. The summed E-state index contributed by atoms with van der Waals surface area (Å²) < 4.78 is 45.8. The molecule has 2 heterocycles. The van der Waals surface area contributed by atoms with Crippen LogP contribution in [-0.4, -0.2) is 0 Å². The highest BCUT2D eigenvalue weighted by atomic mass is 35.7. The fraction of sp³-hybridized carbons (Fsp3) is 0.118. The van der Waals surface area contributed by atoms with E-state index in [0.717, 1.165) is 39.0 Å². The van der Waals surface area contributed by atoms with Crippen LogP contribution in [0.25, 0.3) is 33.3 Å². The molecule has 0 bridgehead atoms. The molecule has 130 valence electrons. The lowest BCUT2D eigenvalue weighted by atomic mass is 10.1. The first kappa shape index (κ1) is 17.9. The third kappa shape index (κ3) is 3.85. The van der Waals surface area contributed by atoms with Crippen LogP contribution in [0.2, 0.25) is 5.02 Å². The Morgan fingerprint density at radius 1 is 0.960 bits per heavy atom. The van der Waals surface area contributed by atoms with Gasteiger partial charge in [-0.25, -0.2) is 23.1 Å². The van der Waals surface area contributed by atoms with E-state index in [4.69, 9.17) is 39.1 Å². The van der Waals surface area contributed by atoms with Crippen LogP contribution < -0.4 is 18.6 Å². The van der Waals surface area contributed by atoms with Crippen LogP contribution in [-0.2, 0) is 0 Å². The number of rotatable bonds is 0. The van der Waals surface area contributed by atoms with Crippen LogP contribution in [0.4, 0.5) is 0 Å². The topological polar surface area (TPSA) is 117 Å². The highest BCUT2D eigenvalue weighted by Gasteiger charge is 2.28. The number of benzene rings is 1. The monoisotopic (exact) mass is 382 g/mol. The zero-order valence-electron chi connectivity index (χ0n) is 13.2. The van der Waals surface area contributed by atoms with Gasteiger partial charge in [0.1, 0.15) is 16.7 Å². The second-order valence-corrected chi connectivity index (χ2v) is 6.67. The van der Waals surface area contributed by atoms with Crippen molar-refractivity contribution in [2.45, 2.75) is 13.8 Å². The van der Waals surface area contributed by atoms with E-state index in [0.29, 0.717) is 5.02 Å². The summed E-state index contributed by atoms with van der Waals surface area (Å²) in [6.07, 6.45) is 0. The Kier molecular flexibility index (Phi) is 4.59. The number of furan rings is 2. The molecule has 4 rings (SSSR count). The van der Waals surface area contributed by atoms with Crippen LogP contribution in [0.15, 0.2) is 45.2 Å². The highest BCUT2D eigenvalue weighted by molar-refractivity contribution is 6.31. The van der Waals surface area contributed by atoms with Crippen LogP contribution in [0.3, 0.4) is 0 Å². The third-order valence-electron chi connectivity index (χ3n) is 3.67. The van der Waals surface area contributed by atoms with Gasteiger partial charge in [0.2, 0.25) is 0 Å². The SMILES string of the molecule is Cc1cc2c(C)ccc3[o+]c4ccc(Cl)cc4c-3c2o1.[O-][Cl+3]([O-])([O-])[O-]. The lowest BCUT2D eigenvalue weighted by molar-refractivity contribution is -2.00. The van der Waals surface area contributed by atoms with Gasteiger partial charge in [-0.2, -0.15) is 0 Å². The Morgan fingerprint density at radius 3 is 2.32 bits per heavy atom. The Bertz CT molecular complexity index is 1030. The zero-order chi connectivity index (χ0) is 18.4. The third-order valence-corrected chi connectivity index (χ3v) is 3.90. The van der Waals surface area contributed by atoms with E-state index in [-0.39, 0.29) is 0 Å². The normalized spacial score (nSPS) is 11.8. The molecule has 0 saturated heterocycles. The Labute approximate surface area is 149 Å². The maximum Gasteiger partial charge on any atom is 0.365 e. The largest absolute Gasteiger partial charge is 0.460 e. The van der Waals surface area contributed by atoms with Crippen LogP contribution in [0.1, 0.15) is 11.3 Å². The van der Waals surface area contributed by atoms with Gasteiger partial charge in [-0.15, -0.1) is 10.2 Å². The quantitative estimate of drug-likeness (QED) is 0.420. The molecule has 0 atom stereocenters. The Balaban J connectivity index is 0.000000324. The summed E-state index contributed by atoms with van der Waals surface area (Å²) in [7, 11) is -4.94. The number of halogens is 2. The molecule has 0 amide bonds. The van der Waals surface area contributed by atoms with Crippen molar-refractivity contribution in [3.63, 3.8) is 0 Å². The van der Waals surface area contributed by atoms with Crippen LogP contribution in [0, 0.1) is 24.1 Å². The number of hydrogen-bond acceptors (Lipinski definition) is 5. The van der Waals surface area contributed by atoms with Crippen molar-refractivity contribution in [3.05, 3.63) is 52.7 Å². The Morgan fingerprint density at radius 2 is 1.64 bits per heavy atom. The molecular formula is C17H12Cl2O6. The maximum atomic E-state index is 8.49. The minimum Gasteiger partial charge on any atom is -0.460 e. The second kappa shape index (κ2) is 6.42. The molecule has 0 N–H and O–H groups in total. The van der Waals surface area contributed by atoms with Gasteiger partial charge in [0.05, 0.1) is 0 Å². The first-order valence-electron chi connectivity index (χ1n) is 7.10. The van der Waals surface area contributed by atoms with E-state index in [1.54, 1.807) is 0 Å². The summed E-state index contributed by atoms with van der Waals surface area (Å²) in [4.78, 5) is 0. The first-order valence-corrected chi connectivity index (χ1v) is 8.71. The summed E-state index contributed by atoms with van der Waals surface area (Å²) in [5.74, 6) is 1.71. The molecule has 0 radical (unpaired) electrons. The van der Waals surface area contributed by atoms with Gasteiger partial charge >= 0.3 is 11.3 Å². The van der Waals surface area contributed by atoms with E-state index in [1.165, 1.54) is 5.56 Å². The van der Waals surface area contributed by atoms with Crippen LogP contribution in [0.5, 0.6) is 0 Å². The van der Waals surface area contributed by atoms with E-state index in [9.17, 15) is 0 Å². The van der Waals surface area contributed by atoms with Gasteiger partial charge in [-0.3, -0.25) is 0 Å². The molecule has 1 aromatic heterocycles. The molecule has 6 nitrogen and oxygen atoms in total. The average Bonchev–Trinajstić information content (AvgIpc) is 2.99. The van der Waals surface area contributed by atoms with Crippen molar-refractivity contribution >= 4 is 33.5 Å². The van der Waals surface area contributed by atoms with Crippen molar-refractivity contribution in [2.75, 3.05) is 0 Å². The van der Waals surface area contributed by atoms with Gasteiger partial charge in [0.15, 0.2) is 5.58 Å². The maximum absolute atomic E-state index is 8.49. The number of fused-ring (bicyclic) bond motifs is 5. The predicted octanol–water partition coefficient (Wildman–Crippen LogP) is 1.08. The summed E-state index contributed by atoms with van der Waals surface area (Å²) >= 11 is 6.12. The molecule has 0 spiro atoms. The van der Waals surface area contributed by atoms with E-state index in [2.05, 4.69) is 19.1 Å². The molecule has 1 aliphatic heterocycles. The molecule has 0 fully saturated rings. The molecule has 2 aromatic rings. The second-order valence-electron chi connectivity index (χ2n) is 5.48. The summed E-state index contributed by atoms with van der Waals surface area (Å²) in [5.41, 5.74) is 3.83. The molecular weight excluding hydrogens is 371 g/mol. The van der Waals surface area contributed by atoms with Gasteiger partial charge in [-0.1, -0.05) is 11.6 Å². The lowest BCUT2D eigenvalue weighted by Gasteiger charge is -2.17. The van der Waals surface area contributed by atoms with Crippen molar-refractivity contribution in [1.82, 2.24) is 0 Å². The van der Waals surface area contributed by atoms with E-state index < -0.39 is 10.2 Å². The van der Waals surface area contributed by atoms with Crippen molar-refractivity contribution in [2.24, 2.45) is 0 Å². The number of aryl methyl sites for hydroxylation is 2. The van der Waals surface area contributed by atoms with Crippen molar-refractivity contribution < 1.29 is 37.7 Å². The average molecular weight is 383 g/mol. The van der Waals surface area contributed by atoms with Gasteiger partial charge in [-0.05, 0) is 43.7 Å². The molecule has 25 heavy (non-hydrogen) atoms. The highest BCUT2D eigenvalue weighted by Crippen LogP contribution is 2.41. The molecule has 2 aliphatic rings. The fourth-order valence-electron chi connectivity index (χ4n) is 2.72. The first-order chi connectivity index (χ1) is 11.6. The summed E-state index contributed by atoms with van der Waals surface area (Å²) in [6.45, 7) is 4.03. The van der Waals surface area contributed by atoms with Crippen molar-refractivity contribution in [3.8, 4) is 11.3 Å². The summed E-state index contributed by atoms with van der Waals surface area (Å²) in [6, 6.07) is 11.8. The predicted molar refractivity (Wildman–Crippen MR) is 81.5 cm³/mol. The number of hydrogen-bond donors (Lipinski definition) is 0. The zero-order valence-corrected chi connectivity index (χ0v) is 14.7. The Hall–Kier alpha value is -1.93. The molecule has 0 saturated carbocycles. The lowest BCUT2D eigenvalue weighted by Crippen LogP contribution is -2.68. The smallest absolute Gasteiger partial charge is 0.365 e. The fourth-order valence-corrected chi connectivity index (χ4v) is 2.90. The van der Waals surface area contributed by atoms with Gasteiger partial charge < -0.3 is 4.42 Å². The summed E-state index contributed by atoms with van der Waals surface area (Å²) in [5, 5.41) is 2.79. The van der Waals surface area contributed by atoms with Crippen molar-refractivity contribution in [1.29, 1.82) is 0 Å².